The van der Waals surface area contributed by atoms with E-state index in [1.165, 1.54) is 12.1 Å². The van der Waals surface area contributed by atoms with Crippen LogP contribution in [0.15, 0.2) is 18.3 Å². The zero-order valence-electron chi connectivity index (χ0n) is 16.0. The number of nitrogens with zero attached hydrogens (tertiary/aromatic N) is 3. The fourth-order valence-electron chi connectivity index (χ4n) is 3.48. The van der Waals surface area contributed by atoms with Gasteiger partial charge in [0.15, 0.2) is 0 Å². The van der Waals surface area contributed by atoms with Crippen molar-refractivity contribution in [3.63, 3.8) is 0 Å². The van der Waals surface area contributed by atoms with Crippen LogP contribution in [0.1, 0.15) is 58.6 Å². The molecule has 1 heterocycles. The fraction of sp³-hybridized carbons (Fsp3) is 0.750. The van der Waals surface area contributed by atoms with Gasteiger partial charge >= 0.3 is 0 Å². The van der Waals surface area contributed by atoms with Crippen LogP contribution in [0.3, 0.4) is 0 Å². The molecule has 0 radical (unpaired) electrons. The quantitative estimate of drug-likeness (QED) is 0.654. The Balaban J connectivity index is 1.95. The number of hydrogen-bond donors (Lipinski definition) is 0. The van der Waals surface area contributed by atoms with Gasteiger partial charge < -0.3 is 14.4 Å². The summed E-state index contributed by atoms with van der Waals surface area (Å²) in [5.41, 5.74) is 1.22. The Morgan fingerprint density at radius 1 is 1.33 bits per heavy atom. The summed E-state index contributed by atoms with van der Waals surface area (Å²) in [6, 6.07) is 4.50. The van der Waals surface area contributed by atoms with Crippen molar-refractivity contribution in [2.24, 2.45) is 13.0 Å². The summed E-state index contributed by atoms with van der Waals surface area (Å²) >= 11 is 0. The first-order valence-electron chi connectivity index (χ1n) is 9.69. The molecule has 0 spiro atoms. The van der Waals surface area contributed by atoms with Crippen molar-refractivity contribution < 1.29 is 4.79 Å². The van der Waals surface area contributed by atoms with Gasteiger partial charge in [-0.25, -0.2) is 0 Å². The zero-order valence-corrected chi connectivity index (χ0v) is 16.0. The highest BCUT2D eigenvalue weighted by atomic mass is 16.2. The topological polar surface area (TPSA) is 28.5 Å². The standard InChI is InChI=1S/C20H35N3O/c1-5-22(6-2)15-8-10-17(3)23(20(24)18-11-7-12-18)16-19-13-9-14-21(19)4/h9,13-14,17-18H,5-8,10-12,15-16H2,1-4H3. The molecule has 1 aromatic heterocycles. The van der Waals surface area contributed by atoms with Crippen LogP contribution in [-0.2, 0) is 18.4 Å². The molecule has 2 rings (SSSR count). The summed E-state index contributed by atoms with van der Waals surface area (Å²) in [5.74, 6) is 0.647. The van der Waals surface area contributed by atoms with Gasteiger partial charge in [-0.15, -0.1) is 0 Å². The minimum absolute atomic E-state index is 0.274. The van der Waals surface area contributed by atoms with E-state index in [0.29, 0.717) is 11.9 Å². The van der Waals surface area contributed by atoms with E-state index in [1.54, 1.807) is 0 Å². The first-order valence-corrected chi connectivity index (χ1v) is 9.69. The first-order chi connectivity index (χ1) is 11.6. The molecular weight excluding hydrogens is 298 g/mol. The molecular formula is C20H35N3O. The third kappa shape index (κ3) is 4.85. The average molecular weight is 334 g/mol. The predicted molar refractivity (Wildman–Crippen MR) is 99.8 cm³/mol. The largest absolute Gasteiger partial charge is 0.353 e. The maximum absolute atomic E-state index is 12.9. The van der Waals surface area contributed by atoms with Gasteiger partial charge in [0.2, 0.25) is 5.91 Å². The smallest absolute Gasteiger partial charge is 0.226 e. The first kappa shape index (κ1) is 19.0. The lowest BCUT2D eigenvalue weighted by Gasteiger charge is -2.36. The minimum Gasteiger partial charge on any atom is -0.353 e. The summed E-state index contributed by atoms with van der Waals surface area (Å²) in [4.78, 5) is 17.5. The Morgan fingerprint density at radius 2 is 2.04 bits per heavy atom. The highest BCUT2D eigenvalue weighted by Crippen LogP contribution is 2.30. The van der Waals surface area contributed by atoms with Crippen molar-refractivity contribution in [2.75, 3.05) is 19.6 Å². The van der Waals surface area contributed by atoms with Crippen LogP contribution in [0, 0.1) is 5.92 Å². The van der Waals surface area contributed by atoms with Gasteiger partial charge in [0.25, 0.3) is 0 Å². The van der Waals surface area contributed by atoms with Crippen LogP contribution in [0.5, 0.6) is 0 Å². The van der Waals surface area contributed by atoms with E-state index in [4.69, 9.17) is 0 Å². The van der Waals surface area contributed by atoms with E-state index in [2.05, 4.69) is 60.5 Å². The number of aryl methyl sites for hydroxylation is 1. The molecule has 1 amide bonds. The molecule has 1 aliphatic rings. The highest BCUT2D eigenvalue weighted by Gasteiger charge is 2.31. The Hall–Kier alpha value is -1.29. The molecule has 1 saturated carbocycles. The number of rotatable bonds is 10. The predicted octanol–water partition coefficient (Wildman–Crippen LogP) is 3.66. The average Bonchev–Trinajstić information content (AvgIpc) is 2.92. The zero-order chi connectivity index (χ0) is 17.5. The Labute approximate surface area is 147 Å². The molecule has 1 atom stereocenters. The summed E-state index contributed by atoms with van der Waals surface area (Å²) < 4.78 is 2.13. The van der Waals surface area contributed by atoms with Crippen molar-refractivity contribution >= 4 is 5.91 Å². The summed E-state index contributed by atoms with van der Waals surface area (Å²) in [7, 11) is 2.06. The number of carbonyl (C=O) groups is 1. The molecule has 4 nitrogen and oxygen atoms in total. The Bertz CT molecular complexity index is 503. The molecule has 0 N–H and O–H groups in total. The van der Waals surface area contributed by atoms with Gasteiger partial charge in [-0.05, 0) is 64.4 Å². The molecule has 0 aliphatic heterocycles. The van der Waals surface area contributed by atoms with Crippen LogP contribution in [0.25, 0.3) is 0 Å². The van der Waals surface area contributed by atoms with Crippen molar-refractivity contribution in [3.8, 4) is 0 Å². The Kier molecular flexibility index (Phi) is 7.35. The molecule has 0 bridgehead atoms. The van der Waals surface area contributed by atoms with Gasteiger partial charge in [0.05, 0.1) is 6.54 Å². The second-order valence-electron chi connectivity index (χ2n) is 7.22. The third-order valence-electron chi connectivity index (χ3n) is 5.64. The Morgan fingerprint density at radius 3 is 2.54 bits per heavy atom. The minimum atomic E-state index is 0.274. The molecule has 1 aromatic rings. The van der Waals surface area contributed by atoms with Crippen LogP contribution in [0.2, 0.25) is 0 Å². The van der Waals surface area contributed by atoms with Crippen LogP contribution in [0.4, 0.5) is 0 Å². The van der Waals surface area contributed by atoms with Gasteiger partial charge in [-0.3, -0.25) is 4.79 Å². The van der Waals surface area contributed by atoms with Gasteiger partial charge in [-0.2, -0.15) is 0 Å². The van der Waals surface area contributed by atoms with Crippen molar-refractivity contribution in [1.29, 1.82) is 0 Å². The number of carbonyl (C=O) groups excluding carboxylic acids is 1. The lowest BCUT2D eigenvalue weighted by Crippen LogP contribution is -2.44. The molecule has 4 heteroatoms. The second kappa shape index (κ2) is 9.26. The molecule has 24 heavy (non-hydrogen) atoms. The maximum atomic E-state index is 12.9. The highest BCUT2D eigenvalue weighted by molar-refractivity contribution is 5.79. The van der Waals surface area contributed by atoms with E-state index >= 15 is 0 Å². The van der Waals surface area contributed by atoms with Crippen LogP contribution < -0.4 is 0 Å². The molecule has 1 aliphatic carbocycles. The van der Waals surface area contributed by atoms with Crippen LogP contribution in [-0.4, -0.2) is 46.0 Å². The van der Waals surface area contributed by atoms with E-state index in [-0.39, 0.29) is 5.92 Å². The molecule has 0 saturated heterocycles. The fourth-order valence-corrected chi connectivity index (χ4v) is 3.48. The van der Waals surface area contributed by atoms with Crippen molar-refractivity contribution in [2.45, 2.75) is 65.5 Å². The van der Waals surface area contributed by atoms with Crippen molar-refractivity contribution in [1.82, 2.24) is 14.4 Å². The van der Waals surface area contributed by atoms with E-state index < -0.39 is 0 Å². The second-order valence-corrected chi connectivity index (χ2v) is 7.22. The SMILES string of the molecule is CCN(CC)CCCC(C)N(Cc1cccn1C)C(=O)C1CCC1. The molecule has 1 fully saturated rings. The van der Waals surface area contributed by atoms with Crippen LogP contribution >= 0.6 is 0 Å². The molecule has 0 aromatic carbocycles. The molecule has 1 unspecified atom stereocenters. The summed E-state index contributed by atoms with van der Waals surface area (Å²) in [6.07, 6.45) is 7.67. The van der Waals surface area contributed by atoms with Gasteiger partial charge in [0.1, 0.15) is 0 Å². The maximum Gasteiger partial charge on any atom is 0.226 e. The van der Waals surface area contributed by atoms with E-state index in [1.807, 2.05) is 0 Å². The number of hydrogen-bond acceptors (Lipinski definition) is 2. The third-order valence-corrected chi connectivity index (χ3v) is 5.64. The summed E-state index contributed by atoms with van der Waals surface area (Å²) in [6.45, 7) is 10.8. The van der Waals surface area contributed by atoms with Crippen molar-refractivity contribution in [3.05, 3.63) is 24.0 Å². The normalized spacial score (nSPS) is 16.2. The monoisotopic (exact) mass is 333 g/mol. The number of amides is 1. The van der Waals surface area contributed by atoms with E-state index in [0.717, 1.165) is 51.9 Å². The van der Waals surface area contributed by atoms with Gasteiger partial charge in [-0.1, -0.05) is 20.3 Å². The van der Waals surface area contributed by atoms with Gasteiger partial charge in [0, 0.05) is 30.9 Å². The lowest BCUT2D eigenvalue weighted by molar-refractivity contribution is -0.141. The molecule has 136 valence electrons. The lowest BCUT2D eigenvalue weighted by atomic mass is 9.84. The number of aromatic nitrogens is 1. The van der Waals surface area contributed by atoms with E-state index in [9.17, 15) is 4.79 Å². The summed E-state index contributed by atoms with van der Waals surface area (Å²) in [5, 5.41) is 0.